The number of allylic oxidation sites excluding steroid dienone is 1. The number of nitrogens with zero attached hydrogens (tertiary/aromatic N) is 2. The van der Waals surface area contributed by atoms with Gasteiger partial charge in [0.05, 0.1) is 35.8 Å². The Morgan fingerprint density at radius 1 is 1.11 bits per heavy atom. The Kier molecular flexibility index (Phi) is 8.79. The predicted molar refractivity (Wildman–Crippen MR) is 146 cm³/mol. The van der Waals surface area contributed by atoms with Crippen LogP contribution in [-0.4, -0.2) is 80.6 Å². The standard InChI is InChI=1S/C29H44N2O5S/c1-5-6-10-15-30-16-12-14-29-22(23-27(35)36-17-11-8-7-9-13-28(23,4)37-29)25(33)31(24(29)26(30)34)21(19-32)18-20(2)3/h9,12-14,20-24,32H,5-8,10-11,15-19H2,1-4H3/b13-9-/t21-,22+,23+,24?,28-,29+/m1/s1. The first-order chi connectivity index (χ1) is 17.7. The number of ether oxygens (including phenoxy) is 1. The largest absolute Gasteiger partial charge is 0.465 e. The number of rotatable bonds is 8. The van der Waals surface area contributed by atoms with Crippen molar-refractivity contribution in [3.63, 3.8) is 0 Å². The Bertz CT molecular complexity index is 935. The summed E-state index contributed by atoms with van der Waals surface area (Å²) in [5.41, 5.74) is 0. The summed E-state index contributed by atoms with van der Waals surface area (Å²) < 4.78 is 4.17. The summed E-state index contributed by atoms with van der Waals surface area (Å²) in [5.74, 6) is -1.82. The van der Waals surface area contributed by atoms with Crippen molar-refractivity contribution in [1.29, 1.82) is 0 Å². The SMILES string of the molecule is CCCCCN1CC=C[C@]23S[C@]4(C)/C=C\CCCCOC(=O)[C@@H]4[C@H]2C(=O)N([C@@H](CO)CC(C)C)C3C1=O. The Hall–Kier alpha value is -1.80. The molecule has 4 rings (SSSR count). The lowest BCUT2D eigenvalue weighted by atomic mass is 9.74. The molecular formula is C29H44N2O5S. The van der Waals surface area contributed by atoms with Gasteiger partial charge in [-0.3, -0.25) is 14.4 Å². The van der Waals surface area contributed by atoms with E-state index in [-0.39, 0.29) is 30.3 Å². The minimum absolute atomic E-state index is 0.0728. The van der Waals surface area contributed by atoms with Crippen molar-refractivity contribution in [2.75, 3.05) is 26.3 Å². The quantitative estimate of drug-likeness (QED) is 0.289. The Balaban J connectivity index is 1.83. The van der Waals surface area contributed by atoms with Crippen LogP contribution in [0.15, 0.2) is 24.3 Å². The predicted octanol–water partition coefficient (Wildman–Crippen LogP) is 3.95. The molecule has 8 heteroatoms. The van der Waals surface area contributed by atoms with Gasteiger partial charge in [-0.2, -0.15) is 0 Å². The maximum Gasteiger partial charge on any atom is 0.311 e. The summed E-state index contributed by atoms with van der Waals surface area (Å²) in [4.78, 5) is 45.9. The molecule has 1 N–H and O–H groups in total. The first-order valence-electron chi connectivity index (χ1n) is 14.1. The van der Waals surface area contributed by atoms with Gasteiger partial charge in [-0.15, -0.1) is 11.8 Å². The highest BCUT2D eigenvalue weighted by Crippen LogP contribution is 2.65. The molecule has 7 nitrogen and oxygen atoms in total. The minimum Gasteiger partial charge on any atom is -0.465 e. The molecule has 1 unspecified atom stereocenters. The molecule has 4 aliphatic rings. The summed E-state index contributed by atoms with van der Waals surface area (Å²) in [6.07, 6.45) is 14.5. The number of amides is 2. The van der Waals surface area contributed by atoms with Gasteiger partial charge in [-0.1, -0.05) is 57.9 Å². The number of hydrogen-bond acceptors (Lipinski definition) is 6. The Morgan fingerprint density at radius 3 is 2.59 bits per heavy atom. The Labute approximate surface area is 226 Å². The highest BCUT2D eigenvalue weighted by Gasteiger charge is 2.74. The zero-order valence-corrected chi connectivity index (χ0v) is 23.7. The number of unbranched alkanes of at least 4 members (excludes halogenated alkanes) is 2. The average molecular weight is 533 g/mol. The minimum atomic E-state index is -0.894. The molecule has 0 radical (unpaired) electrons. The summed E-state index contributed by atoms with van der Waals surface area (Å²) in [7, 11) is 0. The summed E-state index contributed by atoms with van der Waals surface area (Å²) in [5, 5.41) is 10.4. The average Bonchev–Trinajstić information content (AvgIpc) is 3.19. The number of likely N-dealkylation sites (tertiary alicyclic amines) is 1. The van der Waals surface area contributed by atoms with Crippen LogP contribution in [0, 0.1) is 17.8 Å². The molecule has 37 heavy (non-hydrogen) atoms. The van der Waals surface area contributed by atoms with E-state index in [1.807, 2.05) is 24.0 Å². The molecule has 0 aromatic carbocycles. The number of thioether (sulfide) groups is 1. The van der Waals surface area contributed by atoms with Crippen molar-refractivity contribution >= 4 is 29.5 Å². The third-order valence-electron chi connectivity index (χ3n) is 8.40. The van der Waals surface area contributed by atoms with Gasteiger partial charge >= 0.3 is 5.97 Å². The molecule has 0 aliphatic carbocycles. The van der Waals surface area contributed by atoms with E-state index in [1.165, 1.54) is 0 Å². The number of carbonyl (C=O) groups is 3. The van der Waals surface area contributed by atoms with Crippen molar-refractivity contribution in [3.8, 4) is 0 Å². The molecule has 1 spiro atoms. The van der Waals surface area contributed by atoms with Gasteiger partial charge in [-0.05, 0) is 44.9 Å². The number of esters is 1. The van der Waals surface area contributed by atoms with E-state index in [1.54, 1.807) is 16.7 Å². The zero-order valence-electron chi connectivity index (χ0n) is 22.9. The van der Waals surface area contributed by atoms with E-state index >= 15 is 0 Å². The van der Waals surface area contributed by atoms with Crippen molar-refractivity contribution < 1.29 is 24.2 Å². The molecule has 2 saturated heterocycles. The fourth-order valence-electron chi connectivity index (χ4n) is 6.75. The van der Waals surface area contributed by atoms with Gasteiger partial charge in [0, 0.05) is 17.8 Å². The molecule has 0 bridgehead atoms. The third kappa shape index (κ3) is 5.12. The van der Waals surface area contributed by atoms with Gasteiger partial charge in [-0.25, -0.2) is 0 Å². The maximum absolute atomic E-state index is 14.4. The summed E-state index contributed by atoms with van der Waals surface area (Å²) in [6, 6.07) is -1.24. The number of fused-ring (bicyclic) bond motifs is 2. The van der Waals surface area contributed by atoms with E-state index in [0.717, 1.165) is 38.5 Å². The summed E-state index contributed by atoms with van der Waals surface area (Å²) in [6.45, 7) is 9.53. The number of cyclic esters (lactones) is 1. The normalized spacial score (nSPS) is 35.6. The first kappa shape index (κ1) is 28.2. The van der Waals surface area contributed by atoms with Crippen molar-refractivity contribution in [3.05, 3.63) is 24.3 Å². The van der Waals surface area contributed by atoms with Crippen molar-refractivity contribution in [2.24, 2.45) is 17.8 Å². The molecule has 0 aromatic heterocycles. The van der Waals surface area contributed by atoms with Gasteiger partial charge in [0.1, 0.15) is 6.04 Å². The molecule has 2 amide bonds. The number of hydrogen-bond donors (Lipinski definition) is 1. The molecule has 4 heterocycles. The maximum atomic E-state index is 14.4. The second-order valence-electron chi connectivity index (χ2n) is 11.7. The smallest absolute Gasteiger partial charge is 0.311 e. The lowest BCUT2D eigenvalue weighted by Crippen LogP contribution is -2.57. The fourth-order valence-corrected chi connectivity index (χ4v) is 8.89. The van der Waals surface area contributed by atoms with Gasteiger partial charge in [0.25, 0.3) is 0 Å². The third-order valence-corrected chi connectivity index (χ3v) is 10.2. The lowest BCUT2D eigenvalue weighted by molar-refractivity contribution is -0.155. The van der Waals surface area contributed by atoms with Crippen LogP contribution in [0.3, 0.4) is 0 Å². The van der Waals surface area contributed by atoms with Crippen LogP contribution < -0.4 is 0 Å². The molecular weight excluding hydrogens is 488 g/mol. The van der Waals surface area contributed by atoms with Crippen LogP contribution >= 0.6 is 11.8 Å². The monoisotopic (exact) mass is 532 g/mol. The van der Waals surface area contributed by atoms with E-state index in [2.05, 4.69) is 32.9 Å². The highest BCUT2D eigenvalue weighted by molar-refractivity contribution is 8.02. The van der Waals surface area contributed by atoms with Crippen LogP contribution in [0.2, 0.25) is 0 Å². The molecule has 6 atom stereocenters. The molecule has 206 valence electrons. The van der Waals surface area contributed by atoms with Crippen LogP contribution in [0.5, 0.6) is 0 Å². The van der Waals surface area contributed by atoms with Gasteiger partial charge in [0.15, 0.2) is 0 Å². The summed E-state index contributed by atoms with van der Waals surface area (Å²) >= 11 is 1.58. The molecule has 2 fully saturated rings. The zero-order chi connectivity index (χ0) is 26.8. The second kappa shape index (κ2) is 11.5. The fraction of sp³-hybridized carbons (Fsp3) is 0.759. The number of aliphatic hydroxyl groups excluding tert-OH is 1. The lowest BCUT2D eigenvalue weighted by Gasteiger charge is -2.40. The van der Waals surface area contributed by atoms with Crippen molar-refractivity contribution in [2.45, 2.75) is 94.2 Å². The molecule has 0 saturated carbocycles. The first-order valence-corrected chi connectivity index (χ1v) is 15.0. The highest BCUT2D eigenvalue weighted by atomic mass is 32.2. The van der Waals surface area contributed by atoms with Crippen LogP contribution in [-0.2, 0) is 19.1 Å². The van der Waals surface area contributed by atoms with Gasteiger partial charge in [0.2, 0.25) is 11.8 Å². The van der Waals surface area contributed by atoms with E-state index in [4.69, 9.17) is 4.74 Å². The molecule has 4 aliphatic heterocycles. The second-order valence-corrected chi connectivity index (χ2v) is 13.5. The van der Waals surface area contributed by atoms with E-state index < -0.39 is 33.4 Å². The van der Waals surface area contributed by atoms with Crippen LogP contribution in [0.25, 0.3) is 0 Å². The topological polar surface area (TPSA) is 87.2 Å². The van der Waals surface area contributed by atoms with Crippen LogP contribution in [0.1, 0.15) is 72.6 Å². The Morgan fingerprint density at radius 2 is 1.89 bits per heavy atom. The van der Waals surface area contributed by atoms with E-state index in [0.29, 0.717) is 26.1 Å². The number of aliphatic hydroxyl groups is 1. The van der Waals surface area contributed by atoms with E-state index in [9.17, 15) is 19.5 Å². The van der Waals surface area contributed by atoms with Crippen LogP contribution in [0.4, 0.5) is 0 Å². The van der Waals surface area contributed by atoms with Crippen molar-refractivity contribution in [1.82, 2.24) is 9.80 Å². The molecule has 0 aromatic rings. The number of carbonyl (C=O) groups excluding carboxylic acids is 3. The van der Waals surface area contributed by atoms with Gasteiger partial charge < -0.3 is 19.6 Å².